The number of fused-ring (bicyclic) bond motifs is 4. The van der Waals surface area contributed by atoms with Crippen LogP contribution in [-0.2, 0) is 6.42 Å². The van der Waals surface area contributed by atoms with Gasteiger partial charge in [0.25, 0.3) is 0 Å². The normalized spacial score (nSPS) is 34.9. The Balaban J connectivity index is 1.76. The minimum Gasteiger partial charge on any atom is -0.358 e. The number of H-pyrrole nitrogens is 1. The summed E-state index contributed by atoms with van der Waals surface area (Å²) in [6, 6.07) is 9.74. The fraction of sp³-hybridized carbons (Fsp3) is 0.579. The van der Waals surface area contributed by atoms with Crippen molar-refractivity contribution in [2.75, 3.05) is 13.1 Å². The molecule has 1 N–H and O–H groups in total. The van der Waals surface area contributed by atoms with E-state index in [1.165, 1.54) is 56.1 Å². The van der Waals surface area contributed by atoms with Crippen LogP contribution in [0.1, 0.15) is 49.8 Å². The number of hydrogen-bond acceptors (Lipinski definition) is 1. The molecule has 2 nitrogen and oxygen atoms in total. The van der Waals surface area contributed by atoms with Crippen molar-refractivity contribution in [3.8, 4) is 0 Å². The van der Waals surface area contributed by atoms with Crippen molar-refractivity contribution in [2.45, 2.75) is 51.0 Å². The molecule has 3 atom stereocenters. The summed E-state index contributed by atoms with van der Waals surface area (Å²) in [7, 11) is 0. The summed E-state index contributed by atoms with van der Waals surface area (Å²) in [6.07, 6.45) is 6.81. The van der Waals surface area contributed by atoms with E-state index in [0.717, 1.165) is 12.0 Å². The van der Waals surface area contributed by atoms with Gasteiger partial charge in [0.15, 0.2) is 0 Å². The molecule has 3 aliphatic rings. The summed E-state index contributed by atoms with van der Waals surface area (Å²) in [4.78, 5) is 6.60. The van der Waals surface area contributed by atoms with Crippen LogP contribution in [0.25, 0.3) is 10.9 Å². The zero-order valence-electron chi connectivity index (χ0n) is 12.9. The van der Waals surface area contributed by atoms with Crippen molar-refractivity contribution in [1.82, 2.24) is 9.88 Å². The monoisotopic (exact) mass is 280 g/mol. The SMILES string of the molecule is CC[C@@]12CCCN3CC[C@@H](c4[nH]c5ccccc5c4C1)[C@H]32. The van der Waals surface area contributed by atoms with Gasteiger partial charge in [-0.05, 0) is 62.2 Å². The molecule has 0 spiro atoms. The number of aromatic nitrogens is 1. The molecule has 1 aromatic heterocycles. The van der Waals surface area contributed by atoms with E-state index < -0.39 is 0 Å². The van der Waals surface area contributed by atoms with Gasteiger partial charge in [-0.15, -0.1) is 0 Å². The van der Waals surface area contributed by atoms with E-state index in [-0.39, 0.29) is 0 Å². The molecule has 0 amide bonds. The van der Waals surface area contributed by atoms with Crippen LogP contribution >= 0.6 is 0 Å². The molecular weight excluding hydrogens is 256 g/mol. The lowest BCUT2D eigenvalue weighted by molar-refractivity contribution is 0.0219. The average molecular weight is 280 g/mol. The Morgan fingerprint density at radius 3 is 3.10 bits per heavy atom. The van der Waals surface area contributed by atoms with Crippen LogP contribution in [0, 0.1) is 5.41 Å². The lowest BCUT2D eigenvalue weighted by Gasteiger charge is -2.52. The van der Waals surface area contributed by atoms with Gasteiger partial charge in [-0.3, -0.25) is 4.90 Å². The number of aromatic amines is 1. The number of nitrogens with zero attached hydrogens (tertiary/aromatic N) is 1. The van der Waals surface area contributed by atoms with E-state index in [4.69, 9.17) is 0 Å². The first-order chi connectivity index (χ1) is 10.3. The van der Waals surface area contributed by atoms with Crippen LogP contribution < -0.4 is 0 Å². The van der Waals surface area contributed by atoms with Crippen molar-refractivity contribution < 1.29 is 0 Å². The van der Waals surface area contributed by atoms with Gasteiger partial charge in [-0.25, -0.2) is 0 Å². The quantitative estimate of drug-likeness (QED) is 0.834. The molecule has 110 valence electrons. The van der Waals surface area contributed by atoms with E-state index >= 15 is 0 Å². The van der Waals surface area contributed by atoms with Crippen molar-refractivity contribution in [1.29, 1.82) is 0 Å². The van der Waals surface area contributed by atoms with Crippen LogP contribution in [0.4, 0.5) is 0 Å². The number of para-hydroxylation sites is 1. The van der Waals surface area contributed by atoms with Crippen molar-refractivity contribution in [2.24, 2.45) is 5.41 Å². The largest absolute Gasteiger partial charge is 0.358 e. The predicted molar refractivity (Wildman–Crippen MR) is 86.7 cm³/mol. The summed E-state index contributed by atoms with van der Waals surface area (Å²) in [5.41, 5.74) is 5.12. The number of benzene rings is 1. The fourth-order valence-electron chi connectivity index (χ4n) is 5.79. The number of rotatable bonds is 1. The predicted octanol–water partition coefficient (Wildman–Crippen LogP) is 4.07. The molecule has 3 heterocycles. The number of nitrogens with one attached hydrogen (secondary N) is 1. The van der Waals surface area contributed by atoms with Crippen LogP contribution in [0.2, 0.25) is 0 Å². The third kappa shape index (κ3) is 1.47. The van der Waals surface area contributed by atoms with Crippen LogP contribution in [0.5, 0.6) is 0 Å². The summed E-state index contributed by atoms with van der Waals surface area (Å²) >= 11 is 0. The number of hydrogen-bond donors (Lipinski definition) is 1. The Morgan fingerprint density at radius 1 is 1.29 bits per heavy atom. The second kappa shape index (κ2) is 4.13. The molecule has 0 bridgehead atoms. The second-order valence-corrected chi connectivity index (χ2v) is 7.44. The lowest BCUT2D eigenvalue weighted by Crippen LogP contribution is -2.53. The zero-order chi connectivity index (χ0) is 14.0. The standard InChI is InChI=1S/C19H24N2/c1-2-19-9-5-10-21-11-8-14(18(19)21)17-15(12-19)13-6-3-4-7-16(13)20-17/h3-4,6-7,14,18,20H,2,5,8-12H2,1H3/t14-,18-,19+/m0/s1. The molecule has 2 aliphatic heterocycles. The van der Waals surface area contributed by atoms with Gasteiger partial charge in [0.2, 0.25) is 0 Å². The minimum atomic E-state index is 0.539. The maximum atomic E-state index is 3.79. The third-order valence-corrected chi connectivity index (χ3v) is 6.70. The summed E-state index contributed by atoms with van der Waals surface area (Å²) < 4.78 is 0. The molecule has 1 aromatic carbocycles. The van der Waals surface area contributed by atoms with Gasteiger partial charge >= 0.3 is 0 Å². The zero-order valence-corrected chi connectivity index (χ0v) is 12.9. The van der Waals surface area contributed by atoms with E-state index in [1.807, 2.05) is 0 Å². The first-order valence-corrected chi connectivity index (χ1v) is 8.66. The van der Waals surface area contributed by atoms with Crippen molar-refractivity contribution in [3.05, 3.63) is 35.5 Å². The highest BCUT2D eigenvalue weighted by atomic mass is 15.2. The van der Waals surface area contributed by atoms with Gasteiger partial charge in [0.1, 0.15) is 0 Å². The maximum Gasteiger partial charge on any atom is 0.0459 e. The van der Waals surface area contributed by atoms with Crippen LogP contribution in [-0.4, -0.2) is 29.0 Å². The molecule has 2 aromatic rings. The summed E-state index contributed by atoms with van der Waals surface area (Å²) in [5.74, 6) is 0.751. The van der Waals surface area contributed by atoms with E-state index in [1.54, 1.807) is 11.3 Å². The average Bonchev–Trinajstić information content (AvgIpc) is 3.11. The molecule has 5 rings (SSSR count). The molecule has 0 radical (unpaired) electrons. The number of piperidine rings is 1. The topological polar surface area (TPSA) is 19.0 Å². The Morgan fingerprint density at radius 2 is 2.19 bits per heavy atom. The lowest BCUT2D eigenvalue weighted by atomic mass is 9.60. The Bertz CT molecular complexity index is 701. The third-order valence-electron chi connectivity index (χ3n) is 6.70. The molecule has 21 heavy (non-hydrogen) atoms. The molecule has 0 unspecified atom stereocenters. The van der Waals surface area contributed by atoms with E-state index in [0.29, 0.717) is 5.41 Å². The summed E-state index contributed by atoms with van der Waals surface area (Å²) in [6.45, 7) is 5.07. The van der Waals surface area contributed by atoms with E-state index in [9.17, 15) is 0 Å². The van der Waals surface area contributed by atoms with Crippen LogP contribution in [0.15, 0.2) is 24.3 Å². The highest BCUT2D eigenvalue weighted by Crippen LogP contribution is 2.56. The fourth-order valence-corrected chi connectivity index (χ4v) is 5.79. The van der Waals surface area contributed by atoms with Crippen molar-refractivity contribution in [3.63, 3.8) is 0 Å². The van der Waals surface area contributed by atoms with Gasteiger partial charge in [0.05, 0.1) is 0 Å². The van der Waals surface area contributed by atoms with Gasteiger partial charge in [0, 0.05) is 28.6 Å². The molecular formula is C19H24N2. The highest BCUT2D eigenvalue weighted by Gasteiger charge is 2.54. The highest BCUT2D eigenvalue weighted by molar-refractivity contribution is 5.85. The minimum absolute atomic E-state index is 0.539. The maximum absolute atomic E-state index is 3.79. The Labute approximate surface area is 126 Å². The Kier molecular flexibility index (Phi) is 2.42. The van der Waals surface area contributed by atoms with Crippen LogP contribution in [0.3, 0.4) is 0 Å². The first-order valence-electron chi connectivity index (χ1n) is 8.66. The van der Waals surface area contributed by atoms with Crippen molar-refractivity contribution >= 4 is 10.9 Å². The molecule has 2 fully saturated rings. The first kappa shape index (κ1) is 12.3. The van der Waals surface area contributed by atoms with Gasteiger partial charge in [-0.2, -0.15) is 0 Å². The van der Waals surface area contributed by atoms with Gasteiger partial charge in [-0.1, -0.05) is 25.1 Å². The molecule has 1 aliphatic carbocycles. The Hall–Kier alpha value is -1.28. The molecule has 2 heteroatoms. The second-order valence-electron chi connectivity index (χ2n) is 7.44. The summed E-state index contributed by atoms with van der Waals surface area (Å²) in [5, 5.41) is 1.49. The molecule has 0 saturated carbocycles. The van der Waals surface area contributed by atoms with Gasteiger partial charge < -0.3 is 4.98 Å². The molecule has 2 saturated heterocycles. The van der Waals surface area contributed by atoms with E-state index in [2.05, 4.69) is 41.1 Å². The smallest absolute Gasteiger partial charge is 0.0459 e.